The Morgan fingerprint density at radius 2 is 2.37 bits per heavy atom. The molecule has 1 aliphatic rings. The minimum Gasteiger partial charge on any atom is -0.380 e. The monoisotopic (exact) mass is 265 g/mol. The highest BCUT2D eigenvalue weighted by Gasteiger charge is 2.33. The number of hydrogen-bond donors (Lipinski definition) is 2. The van der Waals surface area contributed by atoms with Gasteiger partial charge in [0, 0.05) is 24.7 Å². The number of nitrogens with two attached hydrogens (primary N) is 1. The van der Waals surface area contributed by atoms with Crippen molar-refractivity contribution >= 4 is 5.91 Å². The Hall–Kier alpha value is -1.40. The van der Waals surface area contributed by atoms with Crippen LogP contribution in [0.1, 0.15) is 31.4 Å². The van der Waals surface area contributed by atoms with Crippen LogP contribution in [0.15, 0.2) is 6.20 Å². The van der Waals surface area contributed by atoms with E-state index in [4.69, 9.17) is 10.5 Å². The Morgan fingerprint density at radius 1 is 1.68 bits per heavy atom. The van der Waals surface area contributed by atoms with Crippen LogP contribution in [0, 0.1) is 11.6 Å². The molecule has 0 atom stereocenters. The number of carbonyl (C=O) groups excluding carboxylic acids is 1. The van der Waals surface area contributed by atoms with E-state index in [2.05, 4.69) is 23.4 Å². The van der Waals surface area contributed by atoms with Gasteiger partial charge in [0.05, 0.1) is 18.8 Å². The molecule has 1 saturated heterocycles. The van der Waals surface area contributed by atoms with E-state index in [0.29, 0.717) is 6.54 Å². The van der Waals surface area contributed by atoms with Crippen molar-refractivity contribution in [1.82, 2.24) is 14.9 Å². The molecule has 105 valence electrons. The Labute approximate surface area is 113 Å². The molecule has 0 aliphatic carbocycles. The summed E-state index contributed by atoms with van der Waals surface area (Å²) in [6, 6.07) is 0. The van der Waals surface area contributed by atoms with Crippen molar-refractivity contribution in [3.63, 3.8) is 0 Å². The number of nitrogens with zero attached hydrogens (tertiary/aromatic N) is 2. The highest BCUT2D eigenvalue weighted by molar-refractivity contribution is 5.89. The van der Waals surface area contributed by atoms with Gasteiger partial charge in [0.2, 0.25) is 0 Å². The van der Waals surface area contributed by atoms with Gasteiger partial charge in [0.1, 0.15) is 6.20 Å². The number of nitrogens with one attached hydrogen (secondary N) is 1. The van der Waals surface area contributed by atoms with E-state index < -0.39 is 5.91 Å². The molecular weight excluding hydrogens is 244 g/mol. The van der Waals surface area contributed by atoms with E-state index in [9.17, 15) is 4.79 Å². The molecule has 1 aliphatic heterocycles. The van der Waals surface area contributed by atoms with E-state index in [1.807, 2.05) is 13.8 Å². The van der Waals surface area contributed by atoms with Crippen LogP contribution < -0.4 is 11.1 Å². The summed E-state index contributed by atoms with van der Waals surface area (Å²) in [7, 11) is 0. The van der Waals surface area contributed by atoms with Crippen LogP contribution >= 0.6 is 0 Å². The fourth-order valence-electron chi connectivity index (χ4n) is 2.21. The highest BCUT2D eigenvalue weighted by atomic mass is 16.5. The number of hydrogen-bond acceptors (Lipinski definition) is 4. The summed E-state index contributed by atoms with van der Waals surface area (Å²) in [5, 5.41) is 3.43. The molecule has 0 bridgehead atoms. The number of amides is 1. The quantitative estimate of drug-likeness (QED) is 0.766. The van der Waals surface area contributed by atoms with Gasteiger partial charge < -0.3 is 20.4 Å². The molecule has 6 heteroatoms. The average molecular weight is 265 g/mol. The van der Waals surface area contributed by atoms with E-state index in [1.54, 1.807) is 10.8 Å². The second-order valence-corrected chi connectivity index (χ2v) is 6.15. The van der Waals surface area contributed by atoms with E-state index in [1.165, 1.54) is 0 Å². The first-order chi connectivity index (χ1) is 8.84. The third-order valence-corrected chi connectivity index (χ3v) is 3.47. The van der Waals surface area contributed by atoms with Gasteiger partial charge in [-0.1, -0.05) is 6.92 Å². The molecule has 1 aromatic heterocycles. The number of rotatable bonds is 6. The molecule has 1 radical (unpaired) electrons. The standard InChI is InChI=1S/C13H21N4O2/c1-12(2,6-15-7-13(3)8-19-9-13)17-5-4-16-11(17)10(14)18/h5,15H,6-9H2,1-3H3,(H2,14,18). The van der Waals surface area contributed by atoms with Gasteiger partial charge in [0.25, 0.3) is 5.91 Å². The molecule has 1 amide bonds. The number of carbonyl (C=O) groups is 1. The molecule has 0 unspecified atom stereocenters. The summed E-state index contributed by atoms with van der Waals surface area (Å²) in [5.74, 6) is -0.293. The second-order valence-electron chi connectivity index (χ2n) is 6.15. The largest absolute Gasteiger partial charge is 0.380 e. The maximum Gasteiger partial charge on any atom is 0.284 e. The Bertz CT molecular complexity index is 463. The topological polar surface area (TPSA) is 82.2 Å². The minimum absolute atomic E-state index is 0.226. The van der Waals surface area contributed by atoms with Crippen molar-refractivity contribution in [2.75, 3.05) is 26.3 Å². The number of primary amides is 1. The minimum atomic E-state index is -0.534. The van der Waals surface area contributed by atoms with Gasteiger partial charge in [-0.25, -0.2) is 4.98 Å². The molecule has 2 heterocycles. The third kappa shape index (κ3) is 2.96. The predicted octanol–water partition coefficient (Wildman–Crippen LogP) is 0.143. The first-order valence-electron chi connectivity index (χ1n) is 6.38. The average Bonchev–Trinajstić information content (AvgIpc) is 2.76. The van der Waals surface area contributed by atoms with E-state index in [-0.39, 0.29) is 16.8 Å². The normalized spacial score (nSPS) is 18.1. The Morgan fingerprint density at radius 3 is 2.89 bits per heavy atom. The van der Waals surface area contributed by atoms with Crippen LogP contribution in [-0.2, 0) is 10.3 Å². The molecule has 0 saturated carbocycles. The lowest BCUT2D eigenvalue weighted by atomic mass is 9.88. The summed E-state index contributed by atoms with van der Waals surface area (Å²) in [5.41, 5.74) is 5.24. The zero-order chi connectivity index (χ0) is 14.1. The fraction of sp³-hybridized carbons (Fsp3) is 0.692. The van der Waals surface area contributed by atoms with Crippen molar-refractivity contribution in [2.45, 2.75) is 26.3 Å². The van der Waals surface area contributed by atoms with Crippen LogP contribution in [-0.4, -0.2) is 41.8 Å². The third-order valence-electron chi connectivity index (χ3n) is 3.47. The van der Waals surface area contributed by atoms with Crippen LogP contribution in [0.5, 0.6) is 0 Å². The maximum absolute atomic E-state index is 11.3. The second kappa shape index (κ2) is 4.94. The number of ether oxygens (including phenoxy) is 1. The van der Waals surface area contributed by atoms with Crippen molar-refractivity contribution < 1.29 is 9.53 Å². The van der Waals surface area contributed by atoms with Crippen LogP contribution in [0.2, 0.25) is 0 Å². The van der Waals surface area contributed by atoms with Gasteiger partial charge >= 0.3 is 0 Å². The molecule has 0 spiro atoms. The van der Waals surface area contributed by atoms with Gasteiger partial charge in [-0.2, -0.15) is 0 Å². The van der Waals surface area contributed by atoms with Crippen LogP contribution in [0.4, 0.5) is 0 Å². The zero-order valence-corrected chi connectivity index (χ0v) is 11.7. The lowest BCUT2D eigenvalue weighted by Crippen LogP contribution is -2.50. The van der Waals surface area contributed by atoms with E-state index >= 15 is 0 Å². The van der Waals surface area contributed by atoms with Crippen LogP contribution in [0.25, 0.3) is 0 Å². The molecule has 0 aromatic carbocycles. The number of aromatic nitrogens is 2. The molecule has 6 nitrogen and oxygen atoms in total. The van der Waals surface area contributed by atoms with Gasteiger partial charge in [-0.3, -0.25) is 4.79 Å². The van der Waals surface area contributed by atoms with E-state index in [0.717, 1.165) is 19.8 Å². The Balaban J connectivity index is 1.97. The van der Waals surface area contributed by atoms with Gasteiger partial charge in [0.15, 0.2) is 5.82 Å². The highest BCUT2D eigenvalue weighted by Crippen LogP contribution is 2.25. The van der Waals surface area contributed by atoms with Crippen molar-refractivity contribution in [2.24, 2.45) is 11.1 Å². The van der Waals surface area contributed by atoms with Crippen molar-refractivity contribution in [3.8, 4) is 0 Å². The lowest BCUT2D eigenvalue weighted by molar-refractivity contribution is -0.0995. The summed E-state index contributed by atoms with van der Waals surface area (Å²) in [6.45, 7) is 9.45. The summed E-state index contributed by atoms with van der Waals surface area (Å²) in [4.78, 5) is 15.2. The molecule has 3 N–H and O–H groups in total. The summed E-state index contributed by atoms with van der Waals surface area (Å²) < 4.78 is 6.99. The Kier molecular flexibility index (Phi) is 3.64. The zero-order valence-electron chi connectivity index (χ0n) is 11.7. The molecule has 2 rings (SSSR count). The van der Waals surface area contributed by atoms with Crippen molar-refractivity contribution in [1.29, 1.82) is 0 Å². The summed E-state index contributed by atoms with van der Waals surface area (Å²) in [6.07, 6.45) is 4.34. The SMILES string of the molecule is CC1(CNCC(C)(C)n2c[c]nc2C(N)=O)COC1. The van der Waals surface area contributed by atoms with Gasteiger partial charge in [-0.05, 0) is 13.8 Å². The lowest BCUT2D eigenvalue weighted by Gasteiger charge is -2.39. The predicted molar refractivity (Wildman–Crippen MR) is 70.7 cm³/mol. The smallest absolute Gasteiger partial charge is 0.284 e. The molecular formula is C13H21N4O2. The molecule has 1 fully saturated rings. The molecule has 19 heavy (non-hydrogen) atoms. The maximum atomic E-state index is 11.3. The molecule has 1 aromatic rings. The first-order valence-corrected chi connectivity index (χ1v) is 6.38. The summed E-state index contributed by atoms with van der Waals surface area (Å²) >= 11 is 0. The van der Waals surface area contributed by atoms with Gasteiger partial charge in [-0.15, -0.1) is 0 Å². The first kappa shape index (κ1) is 14.0. The number of imidazole rings is 1. The van der Waals surface area contributed by atoms with Crippen LogP contribution in [0.3, 0.4) is 0 Å². The fourth-order valence-corrected chi connectivity index (χ4v) is 2.21. The van der Waals surface area contributed by atoms with Crippen molar-refractivity contribution in [3.05, 3.63) is 18.2 Å².